The molecule has 1 atom stereocenters. The third-order valence-corrected chi connectivity index (χ3v) is 7.78. The first kappa shape index (κ1) is 43.4. The van der Waals surface area contributed by atoms with Gasteiger partial charge in [-0.15, -0.1) is 0 Å². The minimum Gasteiger partial charge on any atom is -0.493 e. The summed E-state index contributed by atoms with van der Waals surface area (Å²) in [6.45, 7) is 6.15. The van der Waals surface area contributed by atoms with Gasteiger partial charge in [0, 0.05) is 47.6 Å². The van der Waals surface area contributed by atoms with Gasteiger partial charge in [0.25, 0.3) is 5.91 Å². The zero-order valence-electron chi connectivity index (χ0n) is 29.3. The molecule has 0 aliphatic rings. The first-order valence-corrected chi connectivity index (χ1v) is 15.9. The number of anilines is 1. The third kappa shape index (κ3) is 10.3. The summed E-state index contributed by atoms with van der Waals surface area (Å²) in [5.41, 5.74) is 11.2. The lowest BCUT2D eigenvalue weighted by atomic mass is 9.94. The Bertz CT molecular complexity index is 2170. The molecule has 0 saturated carbocycles. The van der Waals surface area contributed by atoms with Gasteiger partial charge in [-0.3, -0.25) is 9.78 Å². The number of benzene rings is 2. The van der Waals surface area contributed by atoms with Crippen LogP contribution < -0.4 is 10.5 Å². The van der Waals surface area contributed by atoms with Gasteiger partial charge in [0.15, 0.2) is 5.65 Å². The van der Waals surface area contributed by atoms with Gasteiger partial charge < -0.3 is 25.6 Å². The number of carboxylic acids is 2. The van der Waals surface area contributed by atoms with Gasteiger partial charge in [0.1, 0.15) is 35.1 Å². The normalized spacial score (nSPS) is 11.8. The van der Waals surface area contributed by atoms with Crippen molar-refractivity contribution < 1.29 is 60.1 Å². The fourth-order valence-electron chi connectivity index (χ4n) is 4.83. The number of carboxylic acid groups (broad SMARTS) is 2. The van der Waals surface area contributed by atoms with E-state index < -0.39 is 36.2 Å². The van der Waals surface area contributed by atoms with E-state index in [0.717, 1.165) is 22.3 Å². The number of halogens is 8. The van der Waals surface area contributed by atoms with E-state index in [9.17, 15) is 35.5 Å². The molecule has 0 bridgehead atoms. The molecule has 13 nitrogen and oxygen atoms in total. The van der Waals surface area contributed by atoms with E-state index in [1.165, 1.54) is 23.4 Å². The molecule has 5 aromatic rings. The molecule has 5 rings (SSSR count). The number of pyridine rings is 1. The lowest BCUT2D eigenvalue weighted by Crippen LogP contribution is -2.22. The molecular weight excluding hydrogens is 771 g/mol. The molecule has 1 unspecified atom stereocenters. The fourth-order valence-corrected chi connectivity index (χ4v) is 5.05. The molecule has 0 radical (unpaired) electrons. The monoisotopic (exact) mass is 801 g/mol. The number of aromatic nitrogens is 5. The second-order valence-corrected chi connectivity index (χ2v) is 11.8. The standard InChI is InChI=1S/C30H29ClFN7O2.2C2HF3O2/c1-6-41-27-21(13-22(31)16(2)24(27)19-10-11-23(34-14-19)30(40)38(4)5)17(3)39-29-25(28(33)35-15-36-29)26(37-39)18-8-7-9-20(32)12-18;2*3-2(4,5)1(6)7/h7-15,17H,6H2,1-5H3,(H2,33,35,36);2*(H,6,7). The number of hydrogen-bond acceptors (Lipinski definition) is 9. The maximum absolute atomic E-state index is 14.2. The van der Waals surface area contributed by atoms with Gasteiger partial charge in [-0.2, -0.15) is 31.4 Å². The van der Waals surface area contributed by atoms with Crippen LogP contribution in [0, 0.1) is 12.7 Å². The number of hydrogen-bond donors (Lipinski definition) is 3. The van der Waals surface area contributed by atoms with Crippen molar-refractivity contribution in [3.8, 4) is 28.1 Å². The molecule has 4 N–H and O–H groups in total. The van der Waals surface area contributed by atoms with E-state index in [4.69, 9.17) is 47.0 Å². The summed E-state index contributed by atoms with van der Waals surface area (Å²) in [6.07, 6.45) is -7.15. The van der Waals surface area contributed by atoms with Crippen molar-refractivity contribution in [1.82, 2.24) is 29.6 Å². The first-order valence-electron chi connectivity index (χ1n) is 15.5. The van der Waals surface area contributed by atoms with E-state index in [0.29, 0.717) is 45.4 Å². The Morgan fingerprint density at radius 2 is 1.56 bits per heavy atom. The highest BCUT2D eigenvalue weighted by molar-refractivity contribution is 6.32. The molecule has 3 heterocycles. The molecule has 55 heavy (non-hydrogen) atoms. The molecule has 21 heteroatoms. The van der Waals surface area contributed by atoms with Crippen molar-refractivity contribution in [2.45, 2.75) is 39.2 Å². The second kappa shape index (κ2) is 17.4. The van der Waals surface area contributed by atoms with E-state index in [1.54, 1.807) is 43.2 Å². The summed E-state index contributed by atoms with van der Waals surface area (Å²) >= 11 is 6.80. The van der Waals surface area contributed by atoms with Gasteiger partial charge in [0.2, 0.25) is 0 Å². The van der Waals surface area contributed by atoms with Gasteiger partial charge in [-0.1, -0.05) is 29.8 Å². The lowest BCUT2D eigenvalue weighted by Gasteiger charge is -2.23. The minimum absolute atomic E-state index is 0.195. The predicted molar refractivity (Wildman–Crippen MR) is 185 cm³/mol. The molecule has 0 saturated heterocycles. The van der Waals surface area contributed by atoms with E-state index in [2.05, 4.69) is 15.0 Å². The molecule has 1 amide bonds. The van der Waals surface area contributed by atoms with Crippen LogP contribution in [0.4, 0.5) is 36.6 Å². The number of carbonyl (C=O) groups excluding carboxylic acids is 1. The lowest BCUT2D eigenvalue weighted by molar-refractivity contribution is -0.193. The smallest absolute Gasteiger partial charge is 0.490 e. The molecule has 0 aliphatic heterocycles. The zero-order valence-corrected chi connectivity index (χ0v) is 30.0. The molecule has 0 aliphatic carbocycles. The Kier molecular flexibility index (Phi) is 13.7. The number of alkyl halides is 6. The Morgan fingerprint density at radius 3 is 2.05 bits per heavy atom. The third-order valence-electron chi connectivity index (χ3n) is 7.39. The Balaban J connectivity index is 0.000000494. The van der Waals surface area contributed by atoms with Crippen molar-refractivity contribution in [2.24, 2.45) is 0 Å². The number of fused-ring (bicyclic) bond motifs is 1. The molecule has 0 spiro atoms. The quantitative estimate of drug-likeness (QED) is 0.141. The van der Waals surface area contributed by atoms with Crippen LogP contribution in [-0.4, -0.2) is 90.7 Å². The summed E-state index contributed by atoms with van der Waals surface area (Å²) in [7, 11) is 3.36. The predicted octanol–water partition coefficient (Wildman–Crippen LogP) is 7.21. The van der Waals surface area contributed by atoms with Crippen LogP contribution in [-0.2, 0) is 9.59 Å². The van der Waals surface area contributed by atoms with Crippen molar-refractivity contribution in [1.29, 1.82) is 0 Å². The average molecular weight is 802 g/mol. The molecule has 294 valence electrons. The summed E-state index contributed by atoms with van der Waals surface area (Å²) < 4.78 is 85.6. The van der Waals surface area contributed by atoms with E-state index in [1.807, 2.05) is 32.9 Å². The maximum Gasteiger partial charge on any atom is 0.490 e. The summed E-state index contributed by atoms with van der Waals surface area (Å²) in [4.78, 5) is 44.7. The Morgan fingerprint density at radius 1 is 0.964 bits per heavy atom. The highest BCUT2D eigenvalue weighted by atomic mass is 35.5. The highest BCUT2D eigenvalue weighted by Crippen LogP contribution is 2.44. The van der Waals surface area contributed by atoms with Crippen LogP contribution in [0.1, 0.15) is 41.5 Å². The van der Waals surface area contributed by atoms with Gasteiger partial charge >= 0.3 is 24.3 Å². The number of amides is 1. The molecule has 0 fully saturated rings. The molecule has 3 aromatic heterocycles. The van der Waals surface area contributed by atoms with Crippen LogP contribution in [0.25, 0.3) is 33.4 Å². The number of nitrogens with two attached hydrogens (primary N) is 1. The van der Waals surface area contributed by atoms with Crippen molar-refractivity contribution >= 4 is 46.3 Å². The number of nitrogens with zero attached hydrogens (tertiary/aromatic N) is 6. The van der Waals surface area contributed by atoms with Crippen molar-refractivity contribution in [3.05, 3.63) is 82.6 Å². The SMILES string of the molecule is CCOc1c(C(C)n2nc(-c3cccc(F)c3)c3c(N)ncnc32)cc(Cl)c(C)c1-c1ccc(C(=O)N(C)C)nc1.O=C(O)C(F)(F)F.O=C(O)C(F)(F)F. The largest absolute Gasteiger partial charge is 0.493 e. The Labute approximate surface area is 312 Å². The fraction of sp³-hybridized carbons (Fsp3) is 0.265. The van der Waals surface area contributed by atoms with E-state index in [-0.39, 0.29) is 11.7 Å². The summed E-state index contributed by atoms with van der Waals surface area (Å²) in [6, 6.07) is 11.1. The first-order chi connectivity index (χ1) is 25.5. The molecule has 2 aromatic carbocycles. The number of carbonyl (C=O) groups is 3. The highest BCUT2D eigenvalue weighted by Gasteiger charge is 2.39. The second-order valence-electron chi connectivity index (χ2n) is 11.4. The number of rotatable bonds is 7. The minimum atomic E-state index is -5.08. The summed E-state index contributed by atoms with van der Waals surface area (Å²) in [5, 5.41) is 20.1. The van der Waals surface area contributed by atoms with Gasteiger partial charge in [0.05, 0.1) is 18.0 Å². The van der Waals surface area contributed by atoms with Crippen LogP contribution >= 0.6 is 11.6 Å². The van der Waals surface area contributed by atoms with Crippen LogP contribution in [0.2, 0.25) is 5.02 Å². The zero-order chi connectivity index (χ0) is 41.6. The maximum atomic E-state index is 14.2. The van der Waals surface area contributed by atoms with Crippen LogP contribution in [0.15, 0.2) is 55.0 Å². The summed E-state index contributed by atoms with van der Waals surface area (Å²) in [5.74, 6) is -5.26. The number of ether oxygens (including phenoxy) is 1. The van der Waals surface area contributed by atoms with Crippen LogP contribution in [0.3, 0.4) is 0 Å². The Hall–Kier alpha value is -6.05. The van der Waals surface area contributed by atoms with E-state index >= 15 is 0 Å². The number of aliphatic carboxylic acids is 2. The average Bonchev–Trinajstić information content (AvgIpc) is 3.50. The van der Waals surface area contributed by atoms with Crippen molar-refractivity contribution in [3.63, 3.8) is 0 Å². The van der Waals surface area contributed by atoms with Gasteiger partial charge in [-0.25, -0.2) is 28.6 Å². The number of nitrogen functional groups attached to an aromatic ring is 1. The van der Waals surface area contributed by atoms with Crippen molar-refractivity contribution in [2.75, 3.05) is 26.4 Å². The van der Waals surface area contributed by atoms with Crippen LogP contribution in [0.5, 0.6) is 5.75 Å². The topological polar surface area (TPSA) is 187 Å². The molecular formula is C34H31ClF7N7O6. The van der Waals surface area contributed by atoms with Gasteiger partial charge in [-0.05, 0) is 50.6 Å².